The number of nitrogens with two attached hydrogens (primary N) is 1. The summed E-state index contributed by atoms with van der Waals surface area (Å²) in [5.74, 6) is 2.01. The molecule has 0 aromatic carbocycles. The largest absolute Gasteiger partial charge is 0.479 e. The van der Waals surface area contributed by atoms with E-state index in [1.807, 2.05) is 16.3 Å². The molecule has 17 heavy (non-hydrogen) atoms. The van der Waals surface area contributed by atoms with Gasteiger partial charge in [-0.25, -0.2) is 9.97 Å². The van der Waals surface area contributed by atoms with Gasteiger partial charge in [-0.05, 0) is 18.4 Å². The monoisotopic (exact) mass is 253 g/mol. The van der Waals surface area contributed by atoms with Crippen LogP contribution in [0.15, 0.2) is 6.33 Å². The van der Waals surface area contributed by atoms with E-state index in [1.165, 1.54) is 6.33 Å². The standard InChI is InChI=1S/C10H15N5OS/c1-16-9-7-8(12-6-13-9)15(10(11)14-7)4-3-5-17-2/h6H,3-5H2,1-2H3,(H2,11,14). The molecule has 0 radical (unpaired) electrons. The first-order chi connectivity index (χ1) is 8.27. The normalized spacial score (nSPS) is 10.9. The predicted molar refractivity (Wildman–Crippen MR) is 69.3 cm³/mol. The Balaban J connectivity index is 2.38. The third kappa shape index (κ3) is 2.28. The van der Waals surface area contributed by atoms with Crippen LogP contribution >= 0.6 is 11.8 Å². The van der Waals surface area contributed by atoms with E-state index in [4.69, 9.17) is 10.5 Å². The van der Waals surface area contributed by atoms with Crippen LogP contribution in [0.1, 0.15) is 6.42 Å². The lowest BCUT2D eigenvalue weighted by molar-refractivity contribution is 0.401. The molecule has 92 valence electrons. The van der Waals surface area contributed by atoms with Crippen LogP contribution < -0.4 is 10.5 Å². The van der Waals surface area contributed by atoms with Crippen molar-refractivity contribution in [2.45, 2.75) is 13.0 Å². The Labute approximate surface area is 104 Å². The molecule has 0 spiro atoms. The van der Waals surface area contributed by atoms with E-state index in [-0.39, 0.29) is 0 Å². The van der Waals surface area contributed by atoms with Crippen LogP contribution in [0.3, 0.4) is 0 Å². The Kier molecular flexibility index (Phi) is 3.68. The van der Waals surface area contributed by atoms with Gasteiger partial charge in [-0.15, -0.1) is 0 Å². The summed E-state index contributed by atoms with van der Waals surface area (Å²) in [4.78, 5) is 12.5. The van der Waals surface area contributed by atoms with Gasteiger partial charge in [-0.1, -0.05) is 0 Å². The third-order valence-corrected chi connectivity index (χ3v) is 3.15. The number of nitrogen functional groups attached to an aromatic ring is 1. The Morgan fingerprint density at radius 2 is 2.29 bits per heavy atom. The molecule has 0 saturated heterocycles. The lowest BCUT2D eigenvalue weighted by Crippen LogP contribution is -2.05. The van der Waals surface area contributed by atoms with E-state index in [0.29, 0.717) is 17.3 Å². The van der Waals surface area contributed by atoms with Crippen LogP contribution in [0, 0.1) is 0 Å². The molecule has 2 N–H and O–H groups in total. The van der Waals surface area contributed by atoms with Crippen LogP contribution in [-0.2, 0) is 6.54 Å². The first kappa shape index (κ1) is 12.0. The lowest BCUT2D eigenvalue weighted by Gasteiger charge is -2.04. The molecule has 0 atom stereocenters. The number of nitrogens with zero attached hydrogens (tertiary/aromatic N) is 4. The van der Waals surface area contributed by atoms with Gasteiger partial charge in [0.05, 0.1) is 7.11 Å². The van der Waals surface area contributed by atoms with Gasteiger partial charge < -0.3 is 10.5 Å². The highest BCUT2D eigenvalue weighted by atomic mass is 32.2. The van der Waals surface area contributed by atoms with E-state index in [0.717, 1.165) is 24.4 Å². The van der Waals surface area contributed by atoms with Gasteiger partial charge in [-0.2, -0.15) is 16.7 Å². The maximum absolute atomic E-state index is 5.88. The summed E-state index contributed by atoms with van der Waals surface area (Å²) in [5, 5.41) is 0. The van der Waals surface area contributed by atoms with Gasteiger partial charge in [-0.3, -0.25) is 4.57 Å². The third-order valence-electron chi connectivity index (χ3n) is 2.45. The first-order valence-corrected chi connectivity index (χ1v) is 6.67. The van der Waals surface area contributed by atoms with Crippen LogP contribution in [0.25, 0.3) is 11.2 Å². The summed E-state index contributed by atoms with van der Waals surface area (Å²) in [6.45, 7) is 0.809. The number of rotatable bonds is 5. The SMILES string of the molecule is COc1ncnc2c1nc(N)n2CCCSC. The fraction of sp³-hybridized carbons (Fsp3) is 0.500. The van der Waals surface area contributed by atoms with Gasteiger partial charge in [0.1, 0.15) is 6.33 Å². The molecule has 0 unspecified atom stereocenters. The van der Waals surface area contributed by atoms with E-state index in [9.17, 15) is 0 Å². The van der Waals surface area contributed by atoms with Crippen molar-refractivity contribution < 1.29 is 4.74 Å². The van der Waals surface area contributed by atoms with Crippen LogP contribution in [0.4, 0.5) is 5.95 Å². The molecule has 7 heteroatoms. The number of fused-ring (bicyclic) bond motifs is 1. The number of imidazole rings is 1. The van der Waals surface area contributed by atoms with Crippen LogP contribution in [0.2, 0.25) is 0 Å². The zero-order chi connectivity index (χ0) is 12.3. The molecule has 0 fully saturated rings. The molecule has 2 heterocycles. The highest BCUT2D eigenvalue weighted by Crippen LogP contribution is 2.22. The van der Waals surface area contributed by atoms with Crippen molar-refractivity contribution in [3.8, 4) is 5.88 Å². The van der Waals surface area contributed by atoms with E-state index >= 15 is 0 Å². The quantitative estimate of drug-likeness (QED) is 0.806. The fourth-order valence-corrected chi connectivity index (χ4v) is 2.09. The Hall–Kier alpha value is -1.50. The molecule has 2 rings (SSSR count). The second-order valence-corrected chi connectivity index (χ2v) is 4.51. The molecule has 0 aliphatic rings. The Morgan fingerprint density at radius 3 is 3.00 bits per heavy atom. The number of hydrogen-bond acceptors (Lipinski definition) is 6. The van der Waals surface area contributed by atoms with Gasteiger partial charge in [0, 0.05) is 6.54 Å². The number of thioether (sulfide) groups is 1. The van der Waals surface area contributed by atoms with Gasteiger partial charge >= 0.3 is 0 Å². The number of ether oxygens (including phenoxy) is 1. The smallest absolute Gasteiger partial charge is 0.245 e. The molecular formula is C10H15N5OS. The van der Waals surface area contributed by atoms with Crippen molar-refractivity contribution >= 4 is 28.9 Å². The second kappa shape index (κ2) is 5.22. The maximum atomic E-state index is 5.88. The minimum absolute atomic E-state index is 0.458. The average Bonchev–Trinajstić information content (AvgIpc) is 2.66. The predicted octanol–water partition coefficient (Wildman–Crippen LogP) is 1.17. The van der Waals surface area contributed by atoms with Crippen LogP contribution in [0.5, 0.6) is 5.88 Å². The van der Waals surface area contributed by atoms with Gasteiger partial charge in [0.15, 0.2) is 11.2 Å². The molecule has 0 aliphatic heterocycles. The van der Waals surface area contributed by atoms with Crippen molar-refractivity contribution in [2.75, 3.05) is 24.9 Å². The Bertz CT molecular complexity index is 513. The molecule has 0 amide bonds. The molecule has 2 aromatic rings. The molecule has 0 aliphatic carbocycles. The summed E-state index contributed by atoms with van der Waals surface area (Å²) < 4.78 is 7.03. The summed E-state index contributed by atoms with van der Waals surface area (Å²) in [6, 6.07) is 0. The number of hydrogen-bond donors (Lipinski definition) is 1. The van der Waals surface area contributed by atoms with Crippen molar-refractivity contribution in [2.24, 2.45) is 0 Å². The summed E-state index contributed by atoms with van der Waals surface area (Å²) >= 11 is 1.81. The van der Waals surface area contributed by atoms with E-state index in [1.54, 1.807) is 7.11 Å². The summed E-state index contributed by atoms with van der Waals surface area (Å²) in [6.07, 6.45) is 4.58. The van der Waals surface area contributed by atoms with E-state index in [2.05, 4.69) is 21.2 Å². The minimum Gasteiger partial charge on any atom is -0.479 e. The fourth-order valence-electron chi connectivity index (χ4n) is 1.67. The number of aromatic nitrogens is 4. The van der Waals surface area contributed by atoms with Gasteiger partial charge in [0.25, 0.3) is 0 Å². The molecule has 0 bridgehead atoms. The molecular weight excluding hydrogens is 238 g/mol. The van der Waals surface area contributed by atoms with E-state index < -0.39 is 0 Å². The highest BCUT2D eigenvalue weighted by molar-refractivity contribution is 7.98. The zero-order valence-corrected chi connectivity index (χ0v) is 10.7. The van der Waals surface area contributed by atoms with Crippen molar-refractivity contribution in [1.82, 2.24) is 19.5 Å². The van der Waals surface area contributed by atoms with Crippen molar-refractivity contribution in [1.29, 1.82) is 0 Å². The van der Waals surface area contributed by atoms with Crippen molar-refractivity contribution in [3.63, 3.8) is 0 Å². The second-order valence-electron chi connectivity index (χ2n) is 3.52. The molecule has 0 saturated carbocycles. The summed E-state index contributed by atoms with van der Waals surface area (Å²) in [5.41, 5.74) is 7.23. The number of anilines is 1. The minimum atomic E-state index is 0.458. The Morgan fingerprint density at radius 1 is 1.47 bits per heavy atom. The number of aryl methyl sites for hydroxylation is 1. The number of methoxy groups -OCH3 is 1. The highest BCUT2D eigenvalue weighted by Gasteiger charge is 2.13. The summed E-state index contributed by atoms with van der Waals surface area (Å²) in [7, 11) is 1.56. The lowest BCUT2D eigenvalue weighted by atomic mass is 10.4. The molecule has 2 aromatic heterocycles. The van der Waals surface area contributed by atoms with Crippen molar-refractivity contribution in [3.05, 3.63) is 6.33 Å². The average molecular weight is 253 g/mol. The molecule has 6 nitrogen and oxygen atoms in total. The first-order valence-electron chi connectivity index (χ1n) is 5.27. The van der Waals surface area contributed by atoms with Crippen LogP contribution in [-0.4, -0.2) is 38.6 Å². The zero-order valence-electron chi connectivity index (χ0n) is 9.88. The maximum Gasteiger partial charge on any atom is 0.245 e. The van der Waals surface area contributed by atoms with Gasteiger partial charge in [0.2, 0.25) is 11.8 Å². The topological polar surface area (TPSA) is 78.8 Å².